The van der Waals surface area contributed by atoms with Crippen molar-refractivity contribution in [2.75, 3.05) is 5.32 Å². The van der Waals surface area contributed by atoms with Gasteiger partial charge in [-0.2, -0.15) is 0 Å². The molecule has 1 amide bonds. The van der Waals surface area contributed by atoms with E-state index in [9.17, 15) is 9.18 Å². The van der Waals surface area contributed by atoms with Crippen molar-refractivity contribution in [2.24, 2.45) is 0 Å². The van der Waals surface area contributed by atoms with Crippen LogP contribution in [0.15, 0.2) is 40.9 Å². The number of halogens is 4. The number of carbonyl (C=O) groups is 1. The Labute approximate surface area is 127 Å². The van der Waals surface area contributed by atoms with Gasteiger partial charge in [0, 0.05) is 10.0 Å². The molecule has 2 nitrogen and oxygen atoms in total. The van der Waals surface area contributed by atoms with E-state index >= 15 is 0 Å². The predicted molar refractivity (Wildman–Crippen MR) is 78.5 cm³/mol. The summed E-state index contributed by atoms with van der Waals surface area (Å²) in [5.41, 5.74) is 0.569. The number of benzene rings is 2. The van der Waals surface area contributed by atoms with Crippen LogP contribution in [0.4, 0.5) is 10.1 Å². The molecule has 2 aromatic carbocycles. The second-order valence-electron chi connectivity index (χ2n) is 3.71. The second kappa shape index (κ2) is 5.90. The Hall–Kier alpha value is -1.10. The van der Waals surface area contributed by atoms with Crippen LogP contribution < -0.4 is 5.32 Å². The highest BCUT2D eigenvalue weighted by molar-refractivity contribution is 9.10. The van der Waals surface area contributed by atoms with E-state index in [1.54, 1.807) is 12.1 Å². The summed E-state index contributed by atoms with van der Waals surface area (Å²) >= 11 is 15.0. The maximum Gasteiger partial charge on any atom is 0.255 e. The Morgan fingerprint density at radius 2 is 1.84 bits per heavy atom. The summed E-state index contributed by atoms with van der Waals surface area (Å²) in [6.07, 6.45) is 0. The van der Waals surface area contributed by atoms with Gasteiger partial charge in [-0.1, -0.05) is 23.2 Å². The van der Waals surface area contributed by atoms with E-state index in [0.717, 1.165) is 6.07 Å². The van der Waals surface area contributed by atoms with Crippen LogP contribution in [-0.4, -0.2) is 5.91 Å². The van der Waals surface area contributed by atoms with Gasteiger partial charge < -0.3 is 5.32 Å². The van der Waals surface area contributed by atoms with Crippen molar-refractivity contribution in [3.63, 3.8) is 0 Å². The van der Waals surface area contributed by atoms with Crippen LogP contribution in [-0.2, 0) is 0 Å². The molecule has 0 saturated carbocycles. The first-order valence-corrected chi connectivity index (χ1v) is 6.74. The van der Waals surface area contributed by atoms with Gasteiger partial charge in [0.15, 0.2) is 0 Å². The minimum atomic E-state index is -0.478. The first kappa shape index (κ1) is 14.3. The molecule has 6 heteroatoms. The average Bonchev–Trinajstić information content (AvgIpc) is 2.37. The van der Waals surface area contributed by atoms with Crippen molar-refractivity contribution >= 4 is 50.7 Å². The number of hydrogen-bond acceptors (Lipinski definition) is 1. The molecule has 0 aliphatic heterocycles. The van der Waals surface area contributed by atoms with Gasteiger partial charge in [-0.15, -0.1) is 0 Å². The molecule has 0 radical (unpaired) electrons. The topological polar surface area (TPSA) is 29.1 Å². The minimum Gasteiger partial charge on any atom is -0.321 e. The van der Waals surface area contributed by atoms with Crippen LogP contribution in [0.2, 0.25) is 10.0 Å². The van der Waals surface area contributed by atoms with Crippen molar-refractivity contribution in [3.8, 4) is 0 Å². The molecular weight excluding hydrogens is 356 g/mol. The molecule has 0 unspecified atom stereocenters. The Morgan fingerprint density at radius 3 is 2.53 bits per heavy atom. The first-order valence-electron chi connectivity index (χ1n) is 5.19. The average molecular weight is 363 g/mol. The molecule has 19 heavy (non-hydrogen) atoms. The van der Waals surface area contributed by atoms with Gasteiger partial charge in [0.2, 0.25) is 0 Å². The summed E-state index contributed by atoms with van der Waals surface area (Å²) < 4.78 is 13.8. The Kier molecular flexibility index (Phi) is 4.45. The van der Waals surface area contributed by atoms with E-state index in [1.165, 1.54) is 18.2 Å². The molecule has 2 aromatic rings. The minimum absolute atomic E-state index is 0.214. The van der Waals surface area contributed by atoms with Gasteiger partial charge in [-0.05, 0) is 52.3 Å². The number of carbonyl (C=O) groups excluding carboxylic acids is 1. The quantitative estimate of drug-likeness (QED) is 0.786. The summed E-state index contributed by atoms with van der Waals surface area (Å²) in [6.45, 7) is 0. The smallest absolute Gasteiger partial charge is 0.255 e. The zero-order valence-electron chi connectivity index (χ0n) is 9.38. The highest BCUT2D eigenvalue weighted by atomic mass is 79.9. The Balaban J connectivity index is 2.25. The largest absolute Gasteiger partial charge is 0.321 e. The Morgan fingerprint density at radius 1 is 1.11 bits per heavy atom. The third kappa shape index (κ3) is 3.47. The van der Waals surface area contributed by atoms with E-state index in [1.807, 2.05) is 0 Å². The normalized spacial score (nSPS) is 10.3. The monoisotopic (exact) mass is 361 g/mol. The molecule has 0 aromatic heterocycles. The molecule has 0 heterocycles. The molecule has 0 aliphatic carbocycles. The molecule has 0 fully saturated rings. The molecule has 0 atom stereocenters. The molecule has 0 bridgehead atoms. The Bertz CT molecular complexity index is 649. The number of amides is 1. The van der Waals surface area contributed by atoms with Gasteiger partial charge in [-0.3, -0.25) is 4.79 Å². The summed E-state index contributed by atoms with van der Waals surface area (Å²) in [6, 6.07) is 8.51. The van der Waals surface area contributed by atoms with Crippen molar-refractivity contribution in [3.05, 3.63) is 62.3 Å². The zero-order valence-corrected chi connectivity index (χ0v) is 12.5. The highest BCUT2D eigenvalue weighted by Crippen LogP contribution is 2.25. The number of hydrogen-bond donors (Lipinski definition) is 1. The molecule has 0 saturated heterocycles. The number of rotatable bonds is 2. The number of anilines is 1. The summed E-state index contributed by atoms with van der Waals surface area (Å²) in [7, 11) is 0. The lowest BCUT2D eigenvalue weighted by Crippen LogP contribution is -2.12. The summed E-state index contributed by atoms with van der Waals surface area (Å²) in [4.78, 5) is 12.0. The summed E-state index contributed by atoms with van der Waals surface area (Å²) in [5.74, 6) is -0.893. The van der Waals surface area contributed by atoms with Crippen molar-refractivity contribution in [1.82, 2.24) is 0 Å². The van der Waals surface area contributed by atoms with Crippen LogP contribution in [0.1, 0.15) is 10.4 Å². The fraction of sp³-hybridized carbons (Fsp3) is 0. The first-order chi connectivity index (χ1) is 8.97. The van der Waals surface area contributed by atoms with Crippen LogP contribution in [0.5, 0.6) is 0 Å². The van der Waals surface area contributed by atoms with Gasteiger partial charge in [0.25, 0.3) is 5.91 Å². The van der Waals surface area contributed by atoms with Crippen molar-refractivity contribution in [2.45, 2.75) is 0 Å². The van der Waals surface area contributed by atoms with E-state index in [2.05, 4.69) is 21.2 Å². The third-order valence-corrected chi connectivity index (χ3v) is 3.92. The SMILES string of the molecule is O=C(Nc1cc(F)ccc1Cl)c1ccc(Br)c(Cl)c1. The molecule has 0 spiro atoms. The molecule has 2 rings (SSSR count). The van der Waals surface area contributed by atoms with E-state index in [4.69, 9.17) is 23.2 Å². The summed E-state index contributed by atoms with van der Waals surface area (Å²) in [5, 5.41) is 3.21. The fourth-order valence-corrected chi connectivity index (χ4v) is 2.02. The van der Waals surface area contributed by atoms with Gasteiger partial charge >= 0.3 is 0 Å². The lowest BCUT2D eigenvalue weighted by atomic mass is 10.2. The van der Waals surface area contributed by atoms with Crippen molar-refractivity contribution in [1.29, 1.82) is 0 Å². The van der Waals surface area contributed by atoms with Crippen LogP contribution >= 0.6 is 39.1 Å². The molecule has 98 valence electrons. The standard InChI is InChI=1S/C13H7BrCl2FNO/c14-9-3-1-7(5-11(9)16)13(19)18-12-6-8(17)2-4-10(12)15/h1-6H,(H,18,19). The van der Waals surface area contributed by atoms with Crippen LogP contribution in [0.25, 0.3) is 0 Å². The maximum absolute atomic E-state index is 13.1. The fourth-order valence-electron chi connectivity index (χ4n) is 1.43. The van der Waals surface area contributed by atoms with Gasteiger partial charge in [0.05, 0.1) is 15.7 Å². The maximum atomic E-state index is 13.1. The van der Waals surface area contributed by atoms with E-state index in [0.29, 0.717) is 15.1 Å². The predicted octanol–water partition coefficient (Wildman–Crippen LogP) is 5.15. The number of nitrogens with one attached hydrogen (secondary N) is 1. The lowest BCUT2D eigenvalue weighted by molar-refractivity contribution is 0.102. The van der Waals surface area contributed by atoms with Gasteiger partial charge in [0.1, 0.15) is 5.82 Å². The molecular formula is C13H7BrCl2FNO. The zero-order chi connectivity index (χ0) is 14.0. The highest BCUT2D eigenvalue weighted by Gasteiger charge is 2.10. The molecule has 0 aliphatic rings. The molecule has 1 N–H and O–H groups in total. The van der Waals surface area contributed by atoms with Crippen LogP contribution in [0.3, 0.4) is 0 Å². The van der Waals surface area contributed by atoms with E-state index in [-0.39, 0.29) is 10.7 Å². The van der Waals surface area contributed by atoms with Gasteiger partial charge in [-0.25, -0.2) is 4.39 Å². The lowest BCUT2D eigenvalue weighted by Gasteiger charge is -2.08. The second-order valence-corrected chi connectivity index (χ2v) is 5.38. The third-order valence-electron chi connectivity index (χ3n) is 2.36. The van der Waals surface area contributed by atoms with E-state index < -0.39 is 11.7 Å². The van der Waals surface area contributed by atoms with Crippen molar-refractivity contribution < 1.29 is 9.18 Å². The van der Waals surface area contributed by atoms with Crippen LogP contribution in [0, 0.1) is 5.82 Å².